The summed E-state index contributed by atoms with van der Waals surface area (Å²) >= 11 is 0. The van der Waals surface area contributed by atoms with E-state index < -0.39 is 15.8 Å². The van der Waals surface area contributed by atoms with Crippen LogP contribution in [0.15, 0.2) is 82.5 Å². The van der Waals surface area contributed by atoms with Gasteiger partial charge < -0.3 is 4.52 Å². The van der Waals surface area contributed by atoms with Crippen LogP contribution in [-0.2, 0) is 16.4 Å². The van der Waals surface area contributed by atoms with Gasteiger partial charge in [0.2, 0.25) is 11.7 Å². The molecule has 29 heavy (non-hydrogen) atoms. The van der Waals surface area contributed by atoms with Gasteiger partial charge in [0.15, 0.2) is 0 Å². The lowest BCUT2D eigenvalue weighted by atomic mass is 10.1. The first-order chi connectivity index (χ1) is 14.0. The fourth-order valence-electron chi connectivity index (χ4n) is 2.69. The molecule has 4 aromatic rings. The minimum absolute atomic E-state index is 0.0367. The van der Waals surface area contributed by atoms with Crippen LogP contribution in [0.1, 0.15) is 11.5 Å². The minimum atomic E-state index is -3.87. The van der Waals surface area contributed by atoms with Crippen molar-refractivity contribution in [2.75, 3.05) is 4.72 Å². The quantitative estimate of drug-likeness (QED) is 0.521. The van der Waals surface area contributed by atoms with Crippen LogP contribution in [0, 0.1) is 5.82 Å². The number of hydrogen-bond donors (Lipinski definition) is 1. The van der Waals surface area contributed by atoms with E-state index in [1.54, 1.807) is 42.7 Å². The Morgan fingerprint density at radius 1 is 1.00 bits per heavy atom. The number of rotatable bonds is 6. The van der Waals surface area contributed by atoms with Crippen LogP contribution in [0.5, 0.6) is 0 Å². The van der Waals surface area contributed by atoms with E-state index >= 15 is 0 Å². The molecule has 2 aromatic carbocycles. The van der Waals surface area contributed by atoms with Gasteiger partial charge in [-0.05, 0) is 48.0 Å². The van der Waals surface area contributed by atoms with Crippen LogP contribution in [0.2, 0.25) is 0 Å². The molecule has 0 amide bonds. The van der Waals surface area contributed by atoms with Gasteiger partial charge in [0.1, 0.15) is 5.82 Å². The van der Waals surface area contributed by atoms with E-state index in [1.165, 1.54) is 12.1 Å². The third-order valence-corrected chi connectivity index (χ3v) is 5.50. The van der Waals surface area contributed by atoms with E-state index in [9.17, 15) is 12.8 Å². The molecule has 0 bridgehead atoms. The fraction of sp³-hybridized carbons (Fsp3) is 0.0500. The van der Waals surface area contributed by atoms with Crippen molar-refractivity contribution in [2.45, 2.75) is 11.3 Å². The summed E-state index contributed by atoms with van der Waals surface area (Å²) in [5.41, 5.74) is 1.74. The molecule has 0 saturated heterocycles. The maximum Gasteiger partial charge on any atom is 0.261 e. The molecular weight excluding hydrogens is 395 g/mol. The Bertz CT molecular complexity index is 1230. The van der Waals surface area contributed by atoms with Crippen molar-refractivity contribution in [1.82, 2.24) is 15.1 Å². The number of hydrogen-bond acceptors (Lipinski definition) is 6. The summed E-state index contributed by atoms with van der Waals surface area (Å²) in [5, 5.41) is 3.94. The topological polar surface area (TPSA) is 98.0 Å². The zero-order valence-electron chi connectivity index (χ0n) is 15.0. The summed E-state index contributed by atoms with van der Waals surface area (Å²) < 4.78 is 46.1. The van der Waals surface area contributed by atoms with Crippen molar-refractivity contribution in [1.29, 1.82) is 0 Å². The van der Waals surface area contributed by atoms with Crippen molar-refractivity contribution in [2.24, 2.45) is 0 Å². The van der Waals surface area contributed by atoms with Crippen LogP contribution in [0.3, 0.4) is 0 Å². The number of benzene rings is 2. The molecule has 0 radical (unpaired) electrons. The molecule has 146 valence electrons. The fourth-order valence-corrected chi connectivity index (χ4v) is 3.79. The van der Waals surface area contributed by atoms with Gasteiger partial charge in [-0.2, -0.15) is 4.98 Å². The Morgan fingerprint density at radius 2 is 1.79 bits per heavy atom. The monoisotopic (exact) mass is 410 g/mol. The summed E-state index contributed by atoms with van der Waals surface area (Å²) in [6, 6.07) is 15.1. The summed E-state index contributed by atoms with van der Waals surface area (Å²) in [7, 11) is -3.87. The lowest BCUT2D eigenvalue weighted by molar-refractivity contribution is 0.386. The highest BCUT2D eigenvalue weighted by atomic mass is 32.2. The Labute approximate surface area is 166 Å². The zero-order chi connectivity index (χ0) is 20.3. The first-order valence-corrected chi connectivity index (χ1v) is 10.1. The maximum atomic E-state index is 13.1. The molecule has 2 heterocycles. The predicted octanol–water partition coefficient (Wildman–Crippen LogP) is 3.66. The predicted molar refractivity (Wildman–Crippen MR) is 104 cm³/mol. The van der Waals surface area contributed by atoms with Gasteiger partial charge >= 0.3 is 0 Å². The van der Waals surface area contributed by atoms with Gasteiger partial charge in [-0.15, -0.1) is 0 Å². The van der Waals surface area contributed by atoms with Gasteiger partial charge in [0.05, 0.1) is 17.0 Å². The molecule has 0 unspecified atom stereocenters. The number of nitrogens with one attached hydrogen (secondary N) is 1. The van der Waals surface area contributed by atoms with Crippen LogP contribution < -0.4 is 4.72 Å². The maximum absolute atomic E-state index is 13.1. The largest absolute Gasteiger partial charge is 0.339 e. The second kappa shape index (κ2) is 7.80. The van der Waals surface area contributed by atoms with Crippen LogP contribution in [0.25, 0.3) is 11.4 Å². The van der Waals surface area contributed by atoms with Crippen molar-refractivity contribution in [3.63, 3.8) is 0 Å². The van der Waals surface area contributed by atoms with Crippen LogP contribution in [-0.4, -0.2) is 23.5 Å². The average molecular weight is 410 g/mol. The summed E-state index contributed by atoms with van der Waals surface area (Å²) in [4.78, 5) is 8.33. The second-order valence-electron chi connectivity index (χ2n) is 6.15. The third-order valence-electron chi connectivity index (χ3n) is 4.12. The highest BCUT2D eigenvalue weighted by Gasteiger charge is 2.17. The SMILES string of the molecule is O=S(=O)(Nc1ccccc1Cc1nc(-c2cccnc2)no1)c1ccc(F)cc1. The smallest absolute Gasteiger partial charge is 0.261 e. The molecule has 0 spiro atoms. The Balaban J connectivity index is 1.58. The van der Waals surface area contributed by atoms with E-state index in [2.05, 4.69) is 19.8 Å². The van der Waals surface area contributed by atoms with Crippen molar-refractivity contribution >= 4 is 15.7 Å². The van der Waals surface area contributed by atoms with Gasteiger partial charge in [-0.25, -0.2) is 12.8 Å². The number of sulfonamides is 1. The van der Waals surface area contributed by atoms with Gasteiger partial charge in [0, 0.05) is 18.0 Å². The minimum Gasteiger partial charge on any atom is -0.339 e. The second-order valence-corrected chi connectivity index (χ2v) is 7.83. The summed E-state index contributed by atoms with van der Waals surface area (Å²) in [6.45, 7) is 0. The molecule has 2 aromatic heterocycles. The average Bonchev–Trinajstić information content (AvgIpc) is 3.19. The Hall–Kier alpha value is -3.59. The zero-order valence-corrected chi connectivity index (χ0v) is 15.8. The van der Waals surface area contributed by atoms with Crippen molar-refractivity contribution in [3.8, 4) is 11.4 Å². The normalized spacial score (nSPS) is 11.3. The highest BCUT2D eigenvalue weighted by Crippen LogP contribution is 2.23. The molecular formula is C20H15FN4O3S. The third kappa shape index (κ3) is 4.30. The molecule has 0 atom stereocenters. The molecule has 0 fully saturated rings. The number of halogens is 1. The van der Waals surface area contributed by atoms with E-state index in [1.807, 2.05) is 6.07 Å². The molecule has 0 aliphatic heterocycles. The molecule has 9 heteroatoms. The summed E-state index contributed by atoms with van der Waals surface area (Å²) in [5.74, 6) is 0.222. The first-order valence-electron chi connectivity index (χ1n) is 8.60. The highest BCUT2D eigenvalue weighted by molar-refractivity contribution is 7.92. The lowest BCUT2D eigenvalue weighted by Gasteiger charge is -2.11. The van der Waals surface area contributed by atoms with E-state index in [0.29, 0.717) is 28.5 Å². The molecule has 1 N–H and O–H groups in total. The number of aromatic nitrogens is 3. The van der Waals surface area contributed by atoms with Crippen LogP contribution >= 0.6 is 0 Å². The molecule has 4 rings (SSSR count). The summed E-state index contributed by atoms with van der Waals surface area (Å²) in [6.07, 6.45) is 3.50. The lowest BCUT2D eigenvalue weighted by Crippen LogP contribution is -2.14. The van der Waals surface area contributed by atoms with Crippen molar-refractivity contribution < 1.29 is 17.3 Å². The Kier molecular flexibility index (Phi) is 5.05. The van der Waals surface area contributed by atoms with E-state index in [-0.39, 0.29) is 11.3 Å². The van der Waals surface area contributed by atoms with Gasteiger partial charge in [-0.1, -0.05) is 23.4 Å². The van der Waals surface area contributed by atoms with E-state index in [4.69, 9.17) is 4.52 Å². The first kappa shape index (κ1) is 18.8. The number of anilines is 1. The van der Waals surface area contributed by atoms with Gasteiger partial charge in [-0.3, -0.25) is 9.71 Å². The van der Waals surface area contributed by atoms with Crippen LogP contribution in [0.4, 0.5) is 10.1 Å². The Morgan fingerprint density at radius 3 is 2.55 bits per heavy atom. The standard InChI is InChI=1S/C20H15FN4O3S/c21-16-7-9-17(10-8-16)29(26,27)25-18-6-2-1-4-14(18)12-19-23-20(24-28-19)15-5-3-11-22-13-15/h1-11,13,25H,12H2. The molecule has 7 nitrogen and oxygen atoms in total. The number of nitrogens with zero attached hydrogens (tertiary/aromatic N) is 3. The van der Waals surface area contributed by atoms with Crippen molar-refractivity contribution in [3.05, 3.63) is 90.3 Å². The molecule has 0 saturated carbocycles. The van der Waals surface area contributed by atoms with Gasteiger partial charge in [0.25, 0.3) is 10.0 Å². The van der Waals surface area contributed by atoms with E-state index in [0.717, 1.165) is 12.1 Å². The number of pyridine rings is 1. The number of para-hydroxylation sites is 1. The molecule has 0 aliphatic rings. The molecule has 0 aliphatic carbocycles.